The number of ether oxygens (including phenoxy) is 1. The van der Waals surface area contributed by atoms with E-state index in [4.69, 9.17) is 10.5 Å². The first kappa shape index (κ1) is 19.0. The largest absolute Gasteiger partial charge is 0.474 e. The van der Waals surface area contributed by atoms with Gasteiger partial charge in [-0.05, 0) is 25.5 Å². The van der Waals surface area contributed by atoms with Gasteiger partial charge in [-0.15, -0.1) is 0 Å². The third kappa shape index (κ3) is 3.16. The fourth-order valence-corrected chi connectivity index (χ4v) is 3.77. The summed E-state index contributed by atoms with van der Waals surface area (Å²) in [5, 5.41) is 11.2. The van der Waals surface area contributed by atoms with Crippen LogP contribution in [0.3, 0.4) is 0 Å². The van der Waals surface area contributed by atoms with E-state index >= 15 is 4.39 Å². The highest BCUT2D eigenvalue weighted by atomic mass is 19.1. The Balaban J connectivity index is 1.62. The summed E-state index contributed by atoms with van der Waals surface area (Å²) in [6.45, 7) is 4.99. The van der Waals surface area contributed by atoms with Crippen LogP contribution in [0.4, 0.5) is 27.4 Å². The van der Waals surface area contributed by atoms with Crippen molar-refractivity contribution in [3.05, 3.63) is 41.7 Å². The molecule has 3 aromatic heterocycles. The van der Waals surface area contributed by atoms with E-state index in [1.807, 2.05) is 27.1 Å². The Morgan fingerprint density at radius 1 is 1.23 bits per heavy atom. The Hall–Kier alpha value is -3.95. The number of halogens is 1. The molecule has 9 nitrogen and oxygen atoms in total. The van der Waals surface area contributed by atoms with Crippen molar-refractivity contribution in [1.29, 1.82) is 0 Å². The standard InChI is InChI=1S/C21H21FN8O/c1-10-13(7-25-20-19(10)24-4-5-31-20)12-6-15-14(18(23)17(12)22)8-26-21(27-15)28-16-9-30(3)29-11(16)2/h6-9,24H,4-5,23H2,1-3H3,(H,26,27,28). The van der Waals surface area contributed by atoms with Gasteiger partial charge >= 0.3 is 0 Å². The molecule has 0 saturated carbocycles. The molecule has 4 N–H and O–H groups in total. The Morgan fingerprint density at radius 2 is 2.06 bits per heavy atom. The van der Waals surface area contributed by atoms with Crippen LogP contribution in [-0.4, -0.2) is 37.9 Å². The lowest BCUT2D eigenvalue weighted by Gasteiger charge is -2.22. The Labute approximate surface area is 177 Å². The molecule has 0 aliphatic carbocycles. The molecule has 4 aromatic rings. The van der Waals surface area contributed by atoms with Gasteiger partial charge in [-0.25, -0.2) is 19.3 Å². The monoisotopic (exact) mass is 420 g/mol. The molecule has 31 heavy (non-hydrogen) atoms. The molecular formula is C21H21FN8O. The van der Waals surface area contributed by atoms with Gasteiger partial charge in [-0.2, -0.15) is 5.10 Å². The number of pyridine rings is 1. The average Bonchev–Trinajstić information content (AvgIpc) is 3.08. The molecule has 5 rings (SSSR count). The summed E-state index contributed by atoms with van der Waals surface area (Å²) < 4.78 is 22.5. The van der Waals surface area contributed by atoms with Crippen LogP contribution in [0.1, 0.15) is 11.3 Å². The number of aromatic nitrogens is 5. The van der Waals surface area contributed by atoms with Crippen LogP contribution in [0.15, 0.2) is 24.7 Å². The van der Waals surface area contributed by atoms with E-state index in [9.17, 15) is 0 Å². The fraction of sp³-hybridized carbons (Fsp3) is 0.238. The minimum atomic E-state index is -0.526. The number of nitrogens with zero attached hydrogens (tertiary/aromatic N) is 5. The van der Waals surface area contributed by atoms with E-state index in [2.05, 4.69) is 30.7 Å². The van der Waals surface area contributed by atoms with E-state index in [0.717, 1.165) is 22.6 Å². The zero-order valence-electron chi connectivity index (χ0n) is 17.3. The maximum Gasteiger partial charge on any atom is 0.237 e. The SMILES string of the molecule is Cc1nn(C)cc1Nc1ncc2c(N)c(F)c(-c3cnc4c(c3C)NCCO4)cc2n1. The second-order valence-corrected chi connectivity index (χ2v) is 7.46. The fourth-order valence-electron chi connectivity index (χ4n) is 3.77. The second kappa shape index (κ2) is 7.08. The van der Waals surface area contributed by atoms with Crippen molar-refractivity contribution in [3.63, 3.8) is 0 Å². The smallest absolute Gasteiger partial charge is 0.237 e. The summed E-state index contributed by atoms with van der Waals surface area (Å²) in [4.78, 5) is 13.2. The van der Waals surface area contributed by atoms with Crippen LogP contribution in [0.25, 0.3) is 22.0 Å². The van der Waals surface area contributed by atoms with Crippen LogP contribution in [0.5, 0.6) is 5.88 Å². The molecule has 4 heterocycles. The topological polar surface area (TPSA) is 116 Å². The third-order valence-corrected chi connectivity index (χ3v) is 5.36. The van der Waals surface area contributed by atoms with Crippen LogP contribution >= 0.6 is 0 Å². The van der Waals surface area contributed by atoms with Crippen molar-refractivity contribution in [2.45, 2.75) is 13.8 Å². The highest BCUT2D eigenvalue weighted by Crippen LogP contribution is 2.39. The van der Waals surface area contributed by atoms with Gasteiger partial charge in [0.15, 0.2) is 5.82 Å². The molecule has 10 heteroatoms. The molecule has 0 fully saturated rings. The molecular weight excluding hydrogens is 399 g/mol. The highest BCUT2D eigenvalue weighted by molar-refractivity contribution is 5.96. The first-order chi connectivity index (χ1) is 14.9. The Kier molecular flexibility index (Phi) is 4.35. The van der Waals surface area contributed by atoms with E-state index in [1.165, 1.54) is 6.20 Å². The zero-order valence-corrected chi connectivity index (χ0v) is 17.3. The first-order valence-corrected chi connectivity index (χ1v) is 9.81. The lowest BCUT2D eigenvalue weighted by atomic mass is 9.98. The van der Waals surface area contributed by atoms with Crippen molar-refractivity contribution in [3.8, 4) is 17.0 Å². The second-order valence-electron chi connectivity index (χ2n) is 7.46. The van der Waals surface area contributed by atoms with Gasteiger partial charge in [-0.3, -0.25) is 4.68 Å². The Bertz CT molecular complexity index is 1330. The lowest BCUT2D eigenvalue weighted by Crippen LogP contribution is -2.20. The van der Waals surface area contributed by atoms with Gasteiger partial charge in [0, 0.05) is 48.7 Å². The molecule has 0 atom stereocenters. The van der Waals surface area contributed by atoms with Crippen molar-refractivity contribution < 1.29 is 9.13 Å². The number of rotatable bonds is 3. The summed E-state index contributed by atoms with van der Waals surface area (Å²) in [7, 11) is 1.84. The highest BCUT2D eigenvalue weighted by Gasteiger charge is 2.21. The summed E-state index contributed by atoms with van der Waals surface area (Å²) in [6.07, 6.45) is 4.96. The van der Waals surface area contributed by atoms with Gasteiger partial charge in [0.1, 0.15) is 12.3 Å². The van der Waals surface area contributed by atoms with Crippen LogP contribution < -0.4 is 21.1 Å². The number of benzene rings is 1. The molecule has 0 amide bonds. The number of anilines is 4. The predicted octanol–water partition coefficient (Wildman–Crippen LogP) is 3.31. The minimum absolute atomic E-state index is 0.00191. The quantitative estimate of drug-likeness (QED) is 0.432. The number of hydrogen-bond donors (Lipinski definition) is 3. The molecule has 0 unspecified atom stereocenters. The van der Waals surface area contributed by atoms with Gasteiger partial charge < -0.3 is 21.1 Å². The molecule has 158 valence electrons. The zero-order chi connectivity index (χ0) is 21.7. The molecule has 0 radical (unpaired) electrons. The number of fused-ring (bicyclic) bond motifs is 2. The molecule has 0 saturated heterocycles. The normalized spacial score (nSPS) is 12.9. The van der Waals surface area contributed by atoms with Crippen molar-refractivity contribution in [1.82, 2.24) is 24.7 Å². The molecule has 0 spiro atoms. The summed E-state index contributed by atoms with van der Waals surface area (Å²) >= 11 is 0. The van der Waals surface area contributed by atoms with Crippen molar-refractivity contribution >= 4 is 33.9 Å². The van der Waals surface area contributed by atoms with Gasteiger partial charge in [0.2, 0.25) is 11.8 Å². The number of nitrogens with one attached hydrogen (secondary N) is 2. The van der Waals surface area contributed by atoms with Crippen LogP contribution in [0, 0.1) is 19.7 Å². The van der Waals surface area contributed by atoms with E-state index in [-0.39, 0.29) is 5.69 Å². The van der Waals surface area contributed by atoms with Gasteiger partial charge in [0.25, 0.3) is 0 Å². The third-order valence-electron chi connectivity index (χ3n) is 5.36. The number of hydrogen-bond acceptors (Lipinski definition) is 8. The average molecular weight is 420 g/mol. The van der Waals surface area contributed by atoms with E-state index in [0.29, 0.717) is 47.0 Å². The summed E-state index contributed by atoms with van der Waals surface area (Å²) in [5.74, 6) is 0.361. The summed E-state index contributed by atoms with van der Waals surface area (Å²) in [6, 6.07) is 1.67. The van der Waals surface area contributed by atoms with Crippen LogP contribution in [0.2, 0.25) is 0 Å². The lowest BCUT2D eigenvalue weighted by molar-refractivity contribution is 0.310. The molecule has 1 aromatic carbocycles. The van der Waals surface area contributed by atoms with E-state index in [1.54, 1.807) is 16.9 Å². The van der Waals surface area contributed by atoms with Gasteiger partial charge in [-0.1, -0.05) is 0 Å². The minimum Gasteiger partial charge on any atom is -0.474 e. The Morgan fingerprint density at radius 3 is 2.84 bits per heavy atom. The van der Waals surface area contributed by atoms with E-state index < -0.39 is 5.82 Å². The van der Waals surface area contributed by atoms with Crippen molar-refractivity contribution in [2.75, 3.05) is 29.5 Å². The number of nitrogens with two attached hydrogens (primary N) is 1. The molecule has 1 aliphatic rings. The first-order valence-electron chi connectivity index (χ1n) is 9.81. The van der Waals surface area contributed by atoms with Crippen LogP contribution in [-0.2, 0) is 7.05 Å². The summed E-state index contributed by atoms with van der Waals surface area (Å²) in [5.41, 5.74) is 10.8. The maximum atomic E-state index is 15.2. The van der Waals surface area contributed by atoms with Gasteiger partial charge in [0.05, 0.1) is 22.6 Å². The van der Waals surface area contributed by atoms with Crippen molar-refractivity contribution in [2.24, 2.45) is 7.05 Å². The predicted molar refractivity (Wildman–Crippen MR) is 117 cm³/mol. The number of aryl methyl sites for hydroxylation is 2. The molecule has 1 aliphatic heterocycles. The molecule has 0 bridgehead atoms. The number of nitrogen functional groups attached to an aromatic ring is 1. The maximum absolute atomic E-state index is 15.2.